The molecule has 0 amide bonds. The van der Waals surface area contributed by atoms with Gasteiger partial charge in [-0.3, -0.25) is 0 Å². The maximum atomic E-state index is 6.05. The predicted octanol–water partition coefficient (Wildman–Crippen LogP) is 4.81. The van der Waals surface area contributed by atoms with Crippen molar-refractivity contribution >= 4 is 30.0 Å². The summed E-state index contributed by atoms with van der Waals surface area (Å²) in [5, 5.41) is 3.89. The van der Waals surface area contributed by atoms with Crippen molar-refractivity contribution in [3.05, 3.63) is 71.8 Å². The second kappa shape index (κ2) is 4.84. The molecule has 0 unspecified atom stereocenters. The summed E-state index contributed by atoms with van der Waals surface area (Å²) < 4.78 is 0. The van der Waals surface area contributed by atoms with Crippen LogP contribution >= 0.6 is 11.6 Å². The Labute approximate surface area is 137 Å². The van der Waals surface area contributed by atoms with Crippen LogP contribution in [0.3, 0.4) is 0 Å². The molecular weight excluding hydrogens is 304 g/mol. The van der Waals surface area contributed by atoms with Gasteiger partial charge in [0.25, 0.3) is 0 Å². The second-order valence-corrected chi connectivity index (χ2v) is 11.1. The van der Waals surface area contributed by atoms with E-state index in [2.05, 4.69) is 67.7 Å². The first-order chi connectivity index (χ1) is 10.6. The molecule has 0 spiro atoms. The molecule has 0 fully saturated rings. The topological polar surface area (TPSA) is 0 Å². The van der Waals surface area contributed by atoms with Crippen molar-refractivity contribution in [1.29, 1.82) is 0 Å². The average Bonchev–Trinajstić information content (AvgIpc) is 2.77. The third-order valence-corrected chi connectivity index (χ3v) is 8.56. The van der Waals surface area contributed by atoms with E-state index in [9.17, 15) is 0 Å². The van der Waals surface area contributed by atoms with Gasteiger partial charge in [0.1, 0.15) is 8.07 Å². The summed E-state index contributed by atoms with van der Waals surface area (Å²) in [6.07, 6.45) is 0. The fourth-order valence-corrected chi connectivity index (χ4v) is 7.31. The molecule has 1 aliphatic heterocycles. The van der Waals surface area contributed by atoms with E-state index < -0.39 is 8.07 Å². The fourth-order valence-electron chi connectivity index (χ4n) is 3.72. The Morgan fingerprint density at radius 1 is 0.682 bits per heavy atom. The summed E-state index contributed by atoms with van der Waals surface area (Å²) in [5.74, 6) is 0. The van der Waals surface area contributed by atoms with Crippen molar-refractivity contribution in [3.8, 4) is 22.3 Å². The highest BCUT2D eigenvalue weighted by Crippen LogP contribution is 2.33. The average molecular weight is 321 g/mol. The van der Waals surface area contributed by atoms with Gasteiger partial charge in [-0.15, -0.1) is 0 Å². The molecule has 0 N–H and O–H groups in total. The van der Waals surface area contributed by atoms with Gasteiger partial charge in [0, 0.05) is 5.02 Å². The molecule has 0 aromatic heterocycles. The maximum absolute atomic E-state index is 6.05. The summed E-state index contributed by atoms with van der Waals surface area (Å²) in [6, 6.07) is 23.8. The molecule has 0 atom stereocenters. The second-order valence-electron chi connectivity index (χ2n) is 6.41. The third-order valence-electron chi connectivity index (χ3n) is 4.74. The lowest BCUT2D eigenvalue weighted by Crippen LogP contribution is -2.50. The third kappa shape index (κ3) is 1.89. The Kier molecular flexibility index (Phi) is 3.03. The highest BCUT2D eigenvalue weighted by Gasteiger charge is 2.38. The first-order valence-corrected chi connectivity index (χ1v) is 11.0. The highest BCUT2D eigenvalue weighted by molar-refractivity contribution is 7.04. The molecule has 2 heteroatoms. The SMILES string of the molecule is C[Si]1(C)c2ccccc2-c2cccc(-c3ccc(Cl)cc3)c21. The molecular formula is C20H17ClSi. The van der Waals surface area contributed by atoms with Crippen LogP contribution < -0.4 is 10.4 Å². The monoisotopic (exact) mass is 320 g/mol. The lowest BCUT2D eigenvalue weighted by atomic mass is 9.99. The number of halogens is 1. The molecule has 0 saturated heterocycles. The Balaban J connectivity index is 2.02. The van der Waals surface area contributed by atoms with Crippen molar-refractivity contribution in [2.45, 2.75) is 13.1 Å². The minimum atomic E-state index is -1.66. The summed E-state index contributed by atoms with van der Waals surface area (Å²) in [4.78, 5) is 0. The van der Waals surface area contributed by atoms with Gasteiger partial charge in [0.15, 0.2) is 0 Å². The van der Waals surface area contributed by atoms with Crippen LogP contribution in [0.25, 0.3) is 22.3 Å². The lowest BCUT2D eigenvalue weighted by Gasteiger charge is -2.22. The van der Waals surface area contributed by atoms with Crippen molar-refractivity contribution in [2.24, 2.45) is 0 Å². The largest absolute Gasteiger partial charge is 0.114 e. The van der Waals surface area contributed by atoms with Crippen LogP contribution in [0.5, 0.6) is 0 Å². The van der Waals surface area contributed by atoms with E-state index in [0.717, 1.165) is 5.02 Å². The van der Waals surface area contributed by atoms with E-state index in [1.807, 2.05) is 12.1 Å². The Hall–Kier alpha value is -1.83. The fraction of sp³-hybridized carbons (Fsp3) is 0.100. The van der Waals surface area contributed by atoms with Crippen molar-refractivity contribution in [3.63, 3.8) is 0 Å². The first-order valence-electron chi connectivity index (χ1n) is 7.58. The zero-order chi connectivity index (χ0) is 15.3. The van der Waals surface area contributed by atoms with E-state index in [0.29, 0.717) is 0 Å². The van der Waals surface area contributed by atoms with Crippen molar-refractivity contribution in [2.75, 3.05) is 0 Å². The standard InChI is InChI=1S/C20H17ClSi/c1-22(2)19-9-4-3-6-17(19)18-8-5-7-16(20(18)22)14-10-12-15(21)13-11-14/h3-13H,1-2H3. The molecule has 1 aliphatic rings. The van der Waals surface area contributed by atoms with Crippen LogP contribution in [-0.4, -0.2) is 8.07 Å². The molecule has 1 heterocycles. The first kappa shape index (κ1) is 13.8. The Morgan fingerprint density at radius 3 is 2.09 bits per heavy atom. The Bertz CT molecular complexity index is 863. The smallest absolute Gasteiger partial charge is 0.0843 e. The van der Waals surface area contributed by atoms with E-state index in [4.69, 9.17) is 11.6 Å². The van der Waals surface area contributed by atoms with Crippen LogP contribution in [0.15, 0.2) is 66.7 Å². The van der Waals surface area contributed by atoms with Gasteiger partial charge in [-0.1, -0.05) is 79.3 Å². The van der Waals surface area contributed by atoms with Crippen LogP contribution in [-0.2, 0) is 0 Å². The molecule has 0 aliphatic carbocycles. The van der Waals surface area contributed by atoms with Gasteiger partial charge in [0.05, 0.1) is 0 Å². The van der Waals surface area contributed by atoms with Gasteiger partial charge < -0.3 is 0 Å². The molecule has 0 bridgehead atoms. The van der Waals surface area contributed by atoms with Gasteiger partial charge >= 0.3 is 0 Å². The molecule has 0 saturated carbocycles. The van der Waals surface area contributed by atoms with Gasteiger partial charge in [-0.05, 0) is 44.8 Å². The van der Waals surface area contributed by atoms with E-state index in [1.165, 1.54) is 22.3 Å². The summed E-state index contributed by atoms with van der Waals surface area (Å²) in [5.41, 5.74) is 5.46. The van der Waals surface area contributed by atoms with E-state index in [-0.39, 0.29) is 0 Å². The zero-order valence-electron chi connectivity index (χ0n) is 12.7. The molecule has 22 heavy (non-hydrogen) atoms. The number of hydrogen-bond donors (Lipinski definition) is 0. The van der Waals surface area contributed by atoms with Gasteiger partial charge in [0.2, 0.25) is 0 Å². The molecule has 3 aromatic carbocycles. The summed E-state index contributed by atoms with van der Waals surface area (Å²) in [6.45, 7) is 4.91. The summed E-state index contributed by atoms with van der Waals surface area (Å²) in [7, 11) is -1.66. The number of rotatable bonds is 1. The normalized spacial score (nSPS) is 14.5. The van der Waals surface area contributed by atoms with Crippen LogP contribution in [0.1, 0.15) is 0 Å². The maximum Gasteiger partial charge on any atom is 0.114 e. The minimum absolute atomic E-state index is 0.788. The summed E-state index contributed by atoms with van der Waals surface area (Å²) >= 11 is 6.05. The highest BCUT2D eigenvalue weighted by atomic mass is 35.5. The zero-order valence-corrected chi connectivity index (χ0v) is 14.5. The van der Waals surface area contributed by atoms with E-state index in [1.54, 1.807) is 10.4 Å². The minimum Gasteiger partial charge on any atom is -0.0843 e. The van der Waals surface area contributed by atoms with Gasteiger partial charge in [-0.2, -0.15) is 0 Å². The number of hydrogen-bond acceptors (Lipinski definition) is 0. The molecule has 3 aromatic rings. The van der Waals surface area contributed by atoms with Crippen molar-refractivity contribution < 1.29 is 0 Å². The number of fused-ring (bicyclic) bond motifs is 3. The van der Waals surface area contributed by atoms with Crippen molar-refractivity contribution in [1.82, 2.24) is 0 Å². The molecule has 4 rings (SSSR count). The quantitative estimate of drug-likeness (QED) is 0.564. The number of benzene rings is 3. The van der Waals surface area contributed by atoms with Crippen LogP contribution in [0, 0.1) is 0 Å². The molecule has 108 valence electrons. The van der Waals surface area contributed by atoms with Crippen LogP contribution in [0.2, 0.25) is 18.1 Å². The molecule has 0 radical (unpaired) electrons. The lowest BCUT2D eigenvalue weighted by molar-refractivity contribution is 1.63. The van der Waals surface area contributed by atoms with Gasteiger partial charge in [-0.25, -0.2) is 0 Å². The van der Waals surface area contributed by atoms with E-state index >= 15 is 0 Å². The Morgan fingerprint density at radius 2 is 1.32 bits per heavy atom. The predicted molar refractivity (Wildman–Crippen MR) is 99.1 cm³/mol. The van der Waals surface area contributed by atoms with Crippen LogP contribution in [0.4, 0.5) is 0 Å². The molecule has 0 nitrogen and oxygen atoms in total.